The van der Waals surface area contributed by atoms with Gasteiger partial charge in [0.2, 0.25) is 11.8 Å². The van der Waals surface area contributed by atoms with Crippen LogP contribution in [-0.4, -0.2) is 43.3 Å². The van der Waals surface area contributed by atoms with Crippen LogP contribution in [0.5, 0.6) is 6.01 Å². The Balaban J connectivity index is 1.76. The fraction of sp³-hybridized carbons (Fsp3) is 0.545. The topological polar surface area (TPSA) is 108 Å². The van der Waals surface area contributed by atoms with Gasteiger partial charge in [-0.3, -0.25) is 19.1 Å². The molecule has 0 aliphatic carbocycles. The standard InChI is InChI=1S/C11H12N4O5/c1-11(6-14-8(16)2-3-9(14)17)5-13-4-7(15(18)19)12-10(13)20-11/h4H,2-3,5-6H2,1H3. The highest BCUT2D eigenvalue weighted by Crippen LogP contribution is 2.32. The molecule has 2 amide bonds. The minimum atomic E-state index is -0.798. The van der Waals surface area contributed by atoms with E-state index in [1.165, 1.54) is 15.7 Å². The number of aromatic nitrogens is 2. The highest BCUT2D eigenvalue weighted by Gasteiger charge is 2.44. The Hall–Kier alpha value is -2.45. The van der Waals surface area contributed by atoms with E-state index < -0.39 is 10.5 Å². The minimum absolute atomic E-state index is 0.127. The number of carbonyl (C=O) groups is 2. The molecule has 1 saturated heterocycles. The smallest absolute Gasteiger partial charge is 0.415 e. The number of imidazole rings is 1. The van der Waals surface area contributed by atoms with Crippen molar-refractivity contribution in [2.75, 3.05) is 6.54 Å². The monoisotopic (exact) mass is 280 g/mol. The summed E-state index contributed by atoms with van der Waals surface area (Å²) >= 11 is 0. The Labute approximate surface area is 113 Å². The molecule has 20 heavy (non-hydrogen) atoms. The van der Waals surface area contributed by atoms with Gasteiger partial charge in [0.25, 0.3) is 0 Å². The Morgan fingerprint density at radius 2 is 2.10 bits per heavy atom. The number of amides is 2. The van der Waals surface area contributed by atoms with Crippen molar-refractivity contribution in [1.29, 1.82) is 0 Å². The zero-order valence-corrected chi connectivity index (χ0v) is 10.7. The predicted molar refractivity (Wildman–Crippen MR) is 63.9 cm³/mol. The molecule has 1 fully saturated rings. The average molecular weight is 280 g/mol. The lowest BCUT2D eigenvalue weighted by Crippen LogP contribution is -2.46. The van der Waals surface area contributed by atoms with Gasteiger partial charge in [0.05, 0.1) is 13.1 Å². The predicted octanol–water partition coefficient (Wildman–Crippen LogP) is 0.0914. The molecule has 0 bridgehead atoms. The van der Waals surface area contributed by atoms with E-state index in [0.717, 1.165) is 0 Å². The molecule has 3 heterocycles. The van der Waals surface area contributed by atoms with E-state index in [4.69, 9.17) is 4.74 Å². The summed E-state index contributed by atoms with van der Waals surface area (Å²) in [5.74, 6) is -0.707. The molecule has 0 N–H and O–H groups in total. The third-order valence-corrected chi connectivity index (χ3v) is 3.40. The number of ether oxygens (including phenoxy) is 1. The fourth-order valence-electron chi connectivity index (χ4n) is 2.50. The first-order chi connectivity index (χ1) is 9.38. The average Bonchev–Trinajstić information content (AvgIpc) is 2.96. The molecule has 9 heteroatoms. The second kappa shape index (κ2) is 4.02. The zero-order valence-electron chi connectivity index (χ0n) is 10.7. The molecular formula is C11H12N4O5. The third kappa shape index (κ3) is 1.91. The lowest BCUT2D eigenvalue weighted by atomic mass is 10.1. The van der Waals surface area contributed by atoms with Crippen LogP contribution in [0.2, 0.25) is 0 Å². The van der Waals surface area contributed by atoms with E-state index >= 15 is 0 Å². The molecule has 1 unspecified atom stereocenters. The maximum Gasteiger partial charge on any atom is 0.415 e. The largest absolute Gasteiger partial charge is 0.436 e. The van der Waals surface area contributed by atoms with Crippen LogP contribution >= 0.6 is 0 Å². The number of hydrogen-bond donors (Lipinski definition) is 0. The van der Waals surface area contributed by atoms with Crippen LogP contribution in [0.4, 0.5) is 5.82 Å². The summed E-state index contributed by atoms with van der Waals surface area (Å²) in [6.45, 7) is 2.18. The molecule has 3 rings (SSSR count). The molecule has 9 nitrogen and oxygen atoms in total. The first-order valence-electron chi connectivity index (χ1n) is 6.12. The zero-order chi connectivity index (χ0) is 14.5. The van der Waals surface area contributed by atoms with Gasteiger partial charge in [0, 0.05) is 17.8 Å². The number of nitrogens with zero attached hydrogens (tertiary/aromatic N) is 4. The molecule has 1 atom stereocenters. The van der Waals surface area contributed by atoms with Gasteiger partial charge in [-0.2, -0.15) is 0 Å². The Bertz CT molecular complexity index is 583. The number of carbonyl (C=O) groups excluding carboxylic acids is 2. The number of imide groups is 1. The molecule has 0 radical (unpaired) electrons. The van der Waals surface area contributed by atoms with Gasteiger partial charge >= 0.3 is 11.8 Å². The summed E-state index contributed by atoms with van der Waals surface area (Å²) in [5, 5.41) is 10.6. The maximum atomic E-state index is 11.6. The van der Waals surface area contributed by atoms with Gasteiger partial charge in [-0.15, -0.1) is 0 Å². The lowest BCUT2D eigenvalue weighted by Gasteiger charge is -2.26. The van der Waals surface area contributed by atoms with E-state index in [1.807, 2.05) is 0 Å². The van der Waals surface area contributed by atoms with E-state index in [0.29, 0.717) is 6.54 Å². The van der Waals surface area contributed by atoms with Crippen LogP contribution in [0.3, 0.4) is 0 Å². The summed E-state index contributed by atoms with van der Waals surface area (Å²) in [4.78, 5) is 38.2. The summed E-state index contributed by atoms with van der Waals surface area (Å²) in [6, 6.07) is 0.137. The minimum Gasteiger partial charge on any atom is -0.436 e. The summed E-state index contributed by atoms with van der Waals surface area (Å²) in [6.07, 6.45) is 1.74. The number of likely N-dealkylation sites (tertiary alicyclic amines) is 1. The summed E-state index contributed by atoms with van der Waals surface area (Å²) in [7, 11) is 0. The van der Waals surface area contributed by atoms with Crippen molar-refractivity contribution in [1.82, 2.24) is 14.5 Å². The first-order valence-corrected chi connectivity index (χ1v) is 6.12. The normalized spacial score (nSPS) is 24.9. The molecule has 0 spiro atoms. The van der Waals surface area contributed by atoms with Crippen molar-refractivity contribution in [2.45, 2.75) is 31.9 Å². The number of fused-ring (bicyclic) bond motifs is 1. The second-order valence-corrected chi connectivity index (χ2v) is 5.19. The van der Waals surface area contributed by atoms with Crippen LogP contribution in [0, 0.1) is 10.1 Å². The van der Waals surface area contributed by atoms with Gasteiger partial charge in [-0.25, -0.2) is 0 Å². The van der Waals surface area contributed by atoms with Crippen LogP contribution in [-0.2, 0) is 16.1 Å². The number of hydrogen-bond acceptors (Lipinski definition) is 6. The van der Waals surface area contributed by atoms with Crippen LogP contribution in [0.1, 0.15) is 19.8 Å². The first kappa shape index (κ1) is 12.6. The summed E-state index contributed by atoms with van der Waals surface area (Å²) in [5.41, 5.74) is -0.798. The second-order valence-electron chi connectivity index (χ2n) is 5.19. The quantitative estimate of drug-likeness (QED) is 0.441. The molecule has 0 aromatic carbocycles. The van der Waals surface area contributed by atoms with Crippen molar-refractivity contribution in [3.63, 3.8) is 0 Å². The molecular weight excluding hydrogens is 268 g/mol. The molecule has 2 aliphatic rings. The Morgan fingerprint density at radius 3 is 2.65 bits per heavy atom. The van der Waals surface area contributed by atoms with E-state index in [1.54, 1.807) is 6.92 Å². The van der Waals surface area contributed by atoms with Gasteiger partial charge in [-0.1, -0.05) is 0 Å². The molecule has 1 aromatic rings. The Kier molecular flexibility index (Phi) is 2.53. The van der Waals surface area contributed by atoms with Gasteiger partial charge in [0.1, 0.15) is 11.8 Å². The van der Waals surface area contributed by atoms with Crippen molar-refractivity contribution < 1.29 is 19.2 Å². The van der Waals surface area contributed by atoms with Crippen LogP contribution in [0.15, 0.2) is 6.20 Å². The molecule has 2 aliphatic heterocycles. The highest BCUT2D eigenvalue weighted by molar-refractivity contribution is 6.02. The third-order valence-electron chi connectivity index (χ3n) is 3.40. The van der Waals surface area contributed by atoms with E-state index in [2.05, 4.69) is 4.98 Å². The Morgan fingerprint density at radius 1 is 1.45 bits per heavy atom. The van der Waals surface area contributed by atoms with Gasteiger partial charge in [-0.05, 0) is 11.8 Å². The number of rotatable bonds is 3. The van der Waals surface area contributed by atoms with Crippen LogP contribution < -0.4 is 4.74 Å². The van der Waals surface area contributed by atoms with Crippen molar-refractivity contribution in [3.8, 4) is 6.01 Å². The van der Waals surface area contributed by atoms with Crippen molar-refractivity contribution in [2.24, 2.45) is 0 Å². The van der Waals surface area contributed by atoms with Crippen LogP contribution in [0.25, 0.3) is 0 Å². The SMILES string of the molecule is CC1(CN2C(=O)CCC2=O)Cn2cc([N+](=O)[O-])nc2O1. The van der Waals surface area contributed by atoms with Gasteiger partial charge < -0.3 is 14.9 Å². The molecule has 106 valence electrons. The summed E-state index contributed by atoms with van der Waals surface area (Å²) < 4.78 is 7.10. The number of nitro groups is 1. The highest BCUT2D eigenvalue weighted by atomic mass is 16.6. The van der Waals surface area contributed by atoms with E-state index in [-0.39, 0.29) is 43.0 Å². The van der Waals surface area contributed by atoms with Crippen molar-refractivity contribution in [3.05, 3.63) is 16.3 Å². The van der Waals surface area contributed by atoms with Gasteiger partial charge in [0.15, 0.2) is 0 Å². The lowest BCUT2D eigenvalue weighted by molar-refractivity contribution is -0.389. The fourth-order valence-corrected chi connectivity index (χ4v) is 2.50. The van der Waals surface area contributed by atoms with E-state index in [9.17, 15) is 19.7 Å². The molecule has 1 aromatic heterocycles. The molecule has 0 saturated carbocycles. The maximum absolute atomic E-state index is 11.6. The van der Waals surface area contributed by atoms with Crippen molar-refractivity contribution >= 4 is 17.6 Å².